The number of ether oxygens (including phenoxy) is 1. The van der Waals surface area contributed by atoms with Crippen LogP contribution in [0.1, 0.15) is 51.2 Å². The quantitative estimate of drug-likeness (QED) is 0.533. The van der Waals surface area contributed by atoms with E-state index in [2.05, 4.69) is 30.0 Å². The van der Waals surface area contributed by atoms with Crippen molar-refractivity contribution in [2.45, 2.75) is 47.0 Å². The largest absolute Gasteiger partial charge is 0.483 e. The summed E-state index contributed by atoms with van der Waals surface area (Å²) in [6, 6.07) is 5.93. The molecule has 0 atom stereocenters. The summed E-state index contributed by atoms with van der Waals surface area (Å²) < 4.78 is 5.62. The van der Waals surface area contributed by atoms with Crippen molar-refractivity contribution in [1.29, 1.82) is 0 Å². The molecule has 0 aliphatic rings. The number of rotatable bonds is 6. The van der Waals surface area contributed by atoms with Crippen LogP contribution in [0.4, 0.5) is 0 Å². The molecule has 0 bridgehead atoms. The Bertz CT molecular complexity index is 630. The van der Waals surface area contributed by atoms with Gasteiger partial charge >= 0.3 is 0 Å². The molecule has 25 heavy (non-hydrogen) atoms. The van der Waals surface area contributed by atoms with Crippen molar-refractivity contribution in [2.75, 3.05) is 6.61 Å². The Balaban J connectivity index is 2.44. The fraction of sp³-hybridized carbons (Fsp3) is 0.500. The predicted molar refractivity (Wildman–Crippen MR) is 102 cm³/mol. The fourth-order valence-electron chi connectivity index (χ4n) is 2.13. The molecule has 1 aromatic rings. The Morgan fingerprint density at radius 1 is 1.12 bits per heavy atom. The molecule has 0 radical (unpaired) electrons. The van der Waals surface area contributed by atoms with Gasteiger partial charge in [-0.1, -0.05) is 39.8 Å². The lowest BCUT2D eigenvalue weighted by Gasteiger charge is -2.15. The highest BCUT2D eigenvalue weighted by atomic mass is 32.1. The molecule has 6 nitrogen and oxygen atoms in total. The highest BCUT2D eigenvalue weighted by Crippen LogP contribution is 2.27. The molecule has 0 aliphatic carbocycles. The molecular formula is C18H27N3O3S. The second kappa shape index (κ2) is 9.98. The molecule has 0 spiro atoms. The molecule has 0 heterocycles. The zero-order valence-corrected chi connectivity index (χ0v) is 16.3. The van der Waals surface area contributed by atoms with Gasteiger partial charge in [0, 0.05) is 6.42 Å². The summed E-state index contributed by atoms with van der Waals surface area (Å²) in [4.78, 5) is 23.5. The van der Waals surface area contributed by atoms with Crippen molar-refractivity contribution in [2.24, 2.45) is 5.92 Å². The third-order valence-corrected chi connectivity index (χ3v) is 3.52. The van der Waals surface area contributed by atoms with Gasteiger partial charge in [-0.25, -0.2) is 0 Å². The maximum absolute atomic E-state index is 11.9. The Hall–Kier alpha value is -2.15. The van der Waals surface area contributed by atoms with E-state index in [0.717, 1.165) is 11.1 Å². The van der Waals surface area contributed by atoms with Crippen molar-refractivity contribution in [3.05, 3.63) is 29.3 Å². The number of thiocarbonyl (C=S) groups is 1. The minimum absolute atomic E-state index is 0.0532. The van der Waals surface area contributed by atoms with E-state index < -0.39 is 5.91 Å². The molecule has 7 heteroatoms. The Kier molecular flexibility index (Phi) is 8.34. The molecule has 3 N–H and O–H groups in total. The summed E-state index contributed by atoms with van der Waals surface area (Å²) in [5.74, 6) is 0.629. The molecular weight excluding hydrogens is 338 g/mol. The van der Waals surface area contributed by atoms with Gasteiger partial charge in [0.2, 0.25) is 5.91 Å². The smallest absolute Gasteiger partial charge is 0.276 e. The van der Waals surface area contributed by atoms with Gasteiger partial charge in [-0.3, -0.25) is 20.4 Å². The minimum atomic E-state index is -0.392. The maximum Gasteiger partial charge on any atom is 0.276 e. The fourth-order valence-corrected chi connectivity index (χ4v) is 2.29. The predicted octanol–water partition coefficient (Wildman–Crippen LogP) is 2.57. The number of hydrazine groups is 1. The zero-order chi connectivity index (χ0) is 19.0. The number of benzene rings is 1. The van der Waals surface area contributed by atoms with Crippen LogP contribution in [-0.2, 0) is 9.59 Å². The van der Waals surface area contributed by atoms with E-state index in [4.69, 9.17) is 17.0 Å². The number of carbonyl (C=O) groups is 2. The lowest BCUT2D eigenvalue weighted by atomic mass is 10.0. The molecule has 0 aliphatic heterocycles. The van der Waals surface area contributed by atoms with Gasteiger partial charge in [-0.15, -0.1) is 0 Å². The molecule has 0 aromatic heterocycles. The highest BCUT2D eigenvalue weighted by Gasteiger charge is 2.11. The third kappa shape index (κ3) is 7.98. The monoisotopic (exact) mass is 365 g/mol. The summed E-state index contributed by atoms with van der Waals surface area (Å²) in [6.07, 6.45) is 0.365. The highest BCUT2D eigenvalue weighted by molar-refractivity contribution is 7.80. The van der Waals surface area contributed by atoms with Gasteiger partial charge < -0.3 is 10.1 Å². The van der Waals surface area contributed by atoms with Gasteiger partial charge in [-0.2, -0.15) is 0 Å². The van der Waals surface area contributed by atoms with Gasteiger partial charge in [0.15, 0.2) is 11.7 Å². The molecule has 1 rings (SSSR count). The molecule has 1 aromatic carbocycles. The number of nitrogens with one attached hydrogen (secondary N) is 3. The van der Waals surface area contributed by atoms with Crippen LogP contribution in [-0.4, -0.2) is 23.5 Å². The maximum atomic E-state index is 11.9. The van der Waals surface area contributed by atoms with Crippen molar-refractivity contribution in [3.8, 4) is 5.75 Å². The van der Waals surface area contributed by atoms with E-state index in [9.17, 15) is 9.59 Å². The molecule has 0 saturated carbocycles. The summed E-state index contributed by atoms with van der Waals surface area (Å²) in [6.45, 7) is 9.82. The van der Waals surface area contributed by atoms with Gasteiger partial charge in [0.1, 0.15) is 5.75 Å². The van der Waals surface area contributed by atoms with Gasteiger partial charge in [0.05, 0.1) is 0 Å². The van der Waals surface area contributed by atoms with E-state index in [-0.39, 0.29) is 23.5 Å². The minimum Gasteiger partial charge on any atom is -0.483 e. The third-order valence-electron chi connectivity index (χ3n) is 3.31. The lowest BCUT2D eigenvalue weighted by Crippen LogP contribution is -2.49. The van der Waals surface area contributed by atoms with Crippen LogP contribution in [0.2, 0.25) is 0 Å². The van der Waals surface area contributed by atoms with Crippen LogP contribution >= 0.6 is 12.2 Å². The average Bonchev–Trinajstić information content (AvgIpc) is 2.49. The molecule has 0 saturated heterocycles. The molecule has 2 amide bonds. The molecule has 0 unspecified atom stereocenters. The van der Waals surface area contributed by atoms with Gasteiger partial charge in [0.25, 0.3) is 5.91 Å². The Morgan fingerprint density at radius 3 is 2.40 bits per heavy atom. The van der Waals surface area contributed by atoms with Crippen LogP contribution in [0, 0.1) is 12.8 Å². The van der Waals surface area contributed by atoms with Crippen LogP contribution in [0.25, 0.3) is 0 Å². The number of hydrogen-bond acceptors (Lipinski definition) is 4. The van der Waals surface area contributed by atoms with E-state index in [1.54, 1.807) is 0 Å². The van der Waals surface area contributed by atoms with Crippen LogP contribution in [0.5, 0.6) is 5.75 Å². The van der Waals surface area contributed by atoms with Crippen molar-refractivity contribution < 1.29 is 14.3 Å². The van der Waals surface area contributed by atoms with Crippen LogP contribution in [0.3, 0.4) is 0 Å². The second-order valence-electron chi connectivity index (χ2n) is 6.63. The Morgan fingerprint density at radius 2 is 1.80 bits per heavy atom. The number of amides is 2. The van der Waals surface area contributed by atoms with E-state index >= 15 is 0 Å². The topological polar surface area (TPSA) is 79.5 Å². The number of aryl methyl sites for hydroxylation is 1. The first kappa shape index (κ1) is 20.9. The molecule has 138 valence electrons. The zero-order valence-electron chi connectivity index (χ0n) is 15.4. The van der Waals surface area contributed by atoms with E-state index in [1.165, 1.54) is 0 Å². The molecule has 0 fully saturated rings. The summed E-state index contributed by atoms with van der Waals surface area (Å²) in [5, 5.41) is 2.55. The van der Waals surface area contributed by atoms with Crippen molar-refractivity contribution >= 4 is 29.1 Å². The first-order valence-electron chi connectivity index (χ1n) is 8.31. The summed E-state index contributed by atoms with van der Waals surface area (Å²) in [5.41, 5.74) is 7.00. The summed E-state index contributed by atoms with van der Waals surface area (Å²) in [7, 11) is 0. The number of carbonyl (C=O) groups excluding carboxylic acids is 2. The first-order chi connectivity index (χ1) is 11.7. The van der Waals surface area contributed by atoms with Gasteiger partial charge in [-0.05, 0) is 48.2 Å². The van der Waals surface area contributed by atoms with Crippen LogP contribution < -0.4 is 20.9 Å². The van der Waals surface area contributed by atoms with E-state index in [1.807, 2.05) is 39.0 Å². The summed E-state index contributed by atoms with van der Waals surface area (Å²) >= 11 is 4.95. The second-order valence-corrected chi connectivity index (χ2v) is 7.04. The van der Waals surface area contributed by atoms with Crippen molar-refractivity contribution in [1.82, 2.24) is 16.2 Å². The normalized spacial score (nSPS) is 10.5. The number of hydrogen-bond donors (Lipinski definition) is 3. The van der Waals surface area contributed by atoms with Crippen LogP contribution in [0.15, 0.2) is 18.2 Å². The lowest BCUT2D eigenvalue weighted by molar-refractivity contribution is -0.124. The standard InChI is InChI=1S/C18H27N3O3S/c1-11(2)8-16(22)19-18(25)21-20-17(23)10-24-15-9-13(5)6-7-14(15)12(3)4/h6-7,9,11-12H,8,10H2,1-5H3,(H,20,23)(H2,19,21,22,25). The SMILES string of the molecule is Cc1ccc(C(C)C)c(OCC(=O)NNC(=S)NC(=O)CC(C)C)c1. The van der Waals surface area contributed by atoms with Crippen molar-refractivity contribution in [3.63, 3.8) is 0 Å². The van der Waals surface area contributed by atoms with E-state index in [0.29, 0.717) is 18.1 Å². The first-order valence-corrected chi connectivity index (χ1v) is 8.71. The Labute approximate surface area is 154 Å². The average molecular weight is 365 g/mol.